The molecule has 146 valence electrons. The molecule has 9 heteroatoms. The molecule has 0 amide bonds. The van der Waals surface area contributed by atoms with Crippen molar-refractivity contribution in [3.63, 3.8) is 0 Å². The molecule has 4 rings (SSSR count). The van der Waals surface area contributed by atoms with Crippen LogP contribution in [0.3, 0.4) is 0 Å². The number of hydrogen-bond acceptors (Lipinski definition) is 4. The predicted octanol–water partition coefficient (Wildman–Crippen LogP) is 2.72. The van der Waals surface area contributed by atoms with E-state index in [1.54, 1.807) is 22.9 Å². The maximum absolute atomic E-state index is 13.0. The van der Waals surface area contributed by atoms with Gasteiger partial charge in [-0.05, 0) is 30.3 Å². The average Bonchev–Trinajstić information content (AvgIpc) is 3.10. The number of nitrogens with two attached hydrogens (primary N) is 1. The van der Waals surface area contributed by atoms with Gasteiger partial charge in [0.1, 0.15) is 0 Å². The Labute approximate surface area is 158 Å². The van der Waals surface area contributed by atoms with Crippen LogP contribution >= 0.6 is 0 Å². The quantitative estimate of drug-likeness (QED) is 0.722. The fourth-order valence-corrected chi connectivity index (χ4v) is 3.49. The number of H-pyrrole nitrogens is 1. The molecule has 3 aromatic rings. The van der Waals surface area contributed by atoms with Crippen LogP contribution in [0.4, 0.5) is 19.1 Å². The Hall–Kier alpha value is -3.07. The number of nitrogen functional groups attached to an aromatic ring is 1. The van der Waals surface area contributed by atoms with Crippen LogP contribution in [0, 0.1) is 0 Å². The lowest BCUT2D eigenvalue weighted by Gasteiger charge is -2.28. The van der Waals surface area contributed by atoms with E-state index >= 15 is 0 Å². The highest BCUT2D eigenvalue weighted by Gasteiger charge is 2.30. The number of hydrogen-bond donors (Lipinski definition) is 2. The molecule has 1 aromatic carbocycles. The lowest BCUT2D eigenvalue weighted by atomic mass is 10.1. The van der Waals surface area contributed by atoms with Crippen LogP contribution in [0.5, 0.6) is 0 Å². The minimum Gasteiger partial charge on any atom is -0.369 e. The molecule has 3 heterocycles. The van der Waals surface area contributed by atoms with Gasteiger partial charge < -0.3 is 10.3 Å². The van der Waals surface area contributed by atoms with E-state index in [-0.39, 0.29) is 11.5 Å². The summed E-state index contributed by atoms with van der Waals surface area (Å²) < 4.78 is 40.8. The largest absolute Gasteiger partial charge is 0.416 e. The van der Waals surface area contributed by atoms with E-state index in [0.717, 1.165) is 17.8 Å². The van der Waals surface area contributed by atoms with Crippen molar-refractivity contribution in [1.82, 2.24) is 19.4 Å². The Morgan fingerprint density at radius 2 is 2.04 bits per heavy atom. The minimum absolute atomic E-state index is 0.107. The summed E-state index contributed by atoms with van der Waals surface area (Å²) in [5.74, 6) is 0.107. The summed E-state index contributed by atoms with van der Waals surface area (Å²) in [6, 6.07) is 8.88. The number of aromatic amines is 1. The van der Waals surface area contributed by atoms with Gasteiger partial charge in [0.25, 0.3) is 5.56 Å². The van der Waals surface area contributed by atoms with E-state index in [9.17, 15) is 18.0 Å². The number of nitrogens with zero attached hydrogens (tertiary/aromatic N) is 3. The Morgan fingerprint density at radius 1 is 1.21 bits per heavy atom. The Bertz CT molecular complexity index is 1070. The molecule has 0 fully saturated rings. The Balaban J connectivity index is 1.59. The van der Waals surface area contributed by atoms with Gasteiger partial charge in [-0.1, -0.05) is 6.07 Å². The van der Waals surface area contributed by atoms with Gasteiger partial charge in [0, 0.05) is 43.6 Å². The number of anilines is 1. The van der Waals surface area contributed by atoms with E-state index < -0.39 is 11.7 Å². The first-order chi connectivity index (χ1) is 13.3. The van der Waals surface area contributed by atoms with Gasteiger partial charge in [0.05, 0.1) is 16.8 Å². The highest BCUT2D eigenvalue weighted by Crippen LogP contribution is 2.30. The monoisotopic (exact) mass is 389 g/mol. The number of fused-ring (bicyclic) bond motifs is 1. The lowest BCUT2D eigenvalue weighted by molar-refractivity contribution is -0.137. The van der Waals surface area contributed by atoms with Crippen molar-refractivity contribution in [3.8, 4) is 5.69 Å². The Morgan fingerprint density at radius 3 is 2.82 bits per heavy atom. The van der Waals surface area contributed by atoms with Gasteiger partial charge >= 0.3 is 6.18 Å². The molecule has 0 atom stereocenters. The molecular weight excluding hydrogens is 371 g/mol. The van der Waals surface area contributed by atoms with Gasteiger partial charge in [0.2, 0.25) is 5.95 Å². The number of rotatable bonds is 3. The molecule has 0 bridgehead atoms. The van der Waals surface area contributed by atoms with Crippen LogP contribution in [0.25, 0.3) is 5.69 Å². The van der Waals surface area contributed by atoms with E-state index in [1.165, 1.54) is 6.07 Å². The summed E-state index contributed by atoms with van der Waals surface area (Å²) in [5.41, 5.74) is 7.21. The number of nitrogens with one attached hydrogen (secondary N) is 1. The first kappa shape index (κ1) is 18.3. The third-order valence-corrected chi connectivity index (χ3v) is 4.84. The van der Waals surface area contributed by atoms with Crippen LogP contribution in [0.15, 0.2) is 47.4 Å². The first-order valence-corrected chi connectivity index (χ1v) is 8.75. The van der Waals surface area contributed by atoms with Crippen LogP contribution in [-0.2, 0) is 25.7 Å². The fourth-order valence-electron chi connectivity index (χ4n) is 3.49. The molecule has 2 aromatic heterocycles. The summed E-state index contributed by atoms with van der Waals surface area (Å²) in [5, 5.41) is 0. The van der Waals surface area contributed by atoms with Gasteiger partial charge in [-0.2, -0.15) is 13.2 Å². The molecule has 1 aliphatic rings. The van der Waals surface area contributed by atoms with Gasteiger partial charge in [-0.3, -0.25) is 14.7 Å². The molecule has 0 spiro atoms. The van der Waals surface area contributed by atoms with Crippen molar-refractivity contribution >= 4 is 5.95 Å². The molecule has 0 radical (unpaired) electrons. The third-order valence-electron chi connectivity index (χ3n) is 4.84. The molecular formula is C19H18F3N5O. The molecule has 0 saturated carbocycles. The summed E-state index contributed by atoms with van der Waals surface area (Å²) in [6.07, 6.45) is -2.07. The zero-order valence-electron chi connectivity index (χ0n) is 14.8. The average molecular weight is 389 g/mol. The van der Waals surface area contributed by atoms with Gasteiger partial charge in [-0.15, -0.1) is 0 Å². The van der Waals surface area contributed by atoms with E-state index in [0.29, 0.717) is 43.0 Å². The van der Waals surface area contributed by atoms with Crippen molar-refractivity contribution in [1.29, 1.82) is 0 Å². The van der Waals surface area contributed by atoms with Crippen molar-refractivity contribution in [2.75, 3.05) is 12.3 Å². The SMILES string of the molecule is Nc1nc2c(c(=O)[nH]1)CN(Cc1cccn1-c1cccc(C(F)(F)F)c1)CC2. The van der Waals surface area contributed by atoms with Crippen molar-refractivity contribution < 1.29 is 13.2 Å². The zero-order chi connectivity index (χ0) is 19.9. The standard InChI is InChI=1S/C19H18F3N5O/c20-19(21,22)12-3-1-4-13(9-12)27-7-2-5-14(27)10-26-8-6-16-15(11-26)17(28)25-18(23)24-16/h1-5,7,9H,6,8,10-11H2,(H3,23,24,25,28). The normalized spacial score (nSPS) is 14.8. The number of benzene rings is 1. The third kappa shape index (κ3) is 3.53. The Kier molecular flexibility index (Phi) is 4.46. The maximum Gasteiger partial charge on any atom is 0.416 e. The van der Waals surface area contributed by atoms with Crippen LogP contribution in [0.2, 0.25) is 0 Å². The maximum atomic E-state index is 13.0. The summed E-state index contributed by atoms with van der Waals surface area (Å²) in [4.78, 5) is 20.9. The van der Waals surface area contributed by atoms with Crippen LogP contribution < -0.4 is 11.3 Å². The second-order valence-corrected chi connectivity index (χ2v) is 6.75. The smallest absolute Gasteiger partial charge is 0.369 e. The molecule has 6 nitrogen and oxygen atoms in total. The highest BCUT2D eigenvalue weighted by atomic mass is 19.4. The molecule has 0 unspecified atom stereocenters. The van der Waals surface area contributed by atoms with Crippen molar-refractivity contribution in [2.24, 2.45) is 0 Å². The van der Waals surface area contributed by atoms with Crippen molar-refractivity contribution in [2.45, 2.75) is 25.7 Å². The van der Waals surface area contributed by atoms with E-state index in [2.05, 4.69) is 14.9 Å². The van der Waals surface area contributed by atoms with Crippen molar-refractivity contribution in [3.05, 3.63) is 75.5 Å². The van der Waals surface area contributed by atoms with E-state index in [1.807, 2.05) is 6.07 Å². The molecule has 0 aliphatic carbocycles. The van der Waals surface area contributed by atoms with Crippen LogP contribution in [0.1, 0.15) is 22.5 Å². The number of aromatic nitrogens is 3. The highest BCUT2D eigenvalue weighted by molar-refractivity contribution is 5.39. The molecule has 3 N–H and O–H groups in total. The van der Waals surface area contributed by atoms with Gasteiger partial charge in [0.15, 0.2) is 0 Å². The first-order valence-electron chi connectivity index (χ1n) is 8.75. The number of halogens is 3. The zero-order valence-corrected chi connectivity index (χ0v) is 14.8. The fraction of sp³-hybridized carbons (Fsp3) is 0.263. The number of alkyl halides is 3. The predicted molar refractivity (Wildman–Crippen MR) is 97.9 cm³/mol. The van der Waals surface area contributed by atoms with E-state index in [4.69, 9.17) is 5.73 Å². The lowest BCUT2D eigenvalue weighted by Crippen LogP contribution is -2.36. The summed E-state index contributed by atoms with van der Waals surface area (Å²) in [6.45, 7) is 1.58. The molecule has 28 heavy (non-hydrogen) atoms. The molecule has 0 saturated heterocycles. The summed E-state index contributed by atoms with van der Waals surface area (Å²) >= 11 is 0. The second kappa shape index (κ2) is 6.83. The molecule has 1 aliphatic heterocycles. The van der Waals surface area contributed by atoms with Crippen LogP contribution in [-0.4, -0.2) is 26.0 Å². The second-order valence-electron chi connectivity index (χ2n) is 6.75. The minimum atomic E-state index is -4.39. The van der Waals surface area contributed by atoms with Gasteiger partial charge in [-0.25, -0.2) is 4.98 Å². The summed E-state index contributed by atoms with van der Waals surface area (Å²) in [7, 11) is 0. The topological polar surface area (TPSA) is 79.9 Å².